The molecule has 0 atom stereocenters. The summed E-state index contributed by atoms with van der Waals surface area (Å²) in [5, 5.41) is 0. The van der Waals surface area contributed by atoms with Gasteiger partial charge in [0.05, 0.1) is 0 Å². The van der Waals surface area contributed by atoms with Crippen molar-refractivity contribution < 1.29 is 18.3 Å². The minimum atomic E-state index is -0.592. The highest BCUT2D eigenvalue weighted by molar-refractivity contribution is 5.94. The SMILES string of the molecule is NCCCCN(Cc1ccc(F)cc1)C(=O)c1ccc(OCc2ccccc2)c(F)c1. The van der Waals surface area contributed by atoms with Gasteiger partial charge < -0.3 is 15.4 Å². The van der Waals surface area contributed by atoms with Gasteiger partial charge in [0.15, 0.2) is 11.6 Å². The summed E-state index contributed by atoms with van der Waals surface area (Å²) in [5.74, 6) is -1.13. The average molecular weight is 424 g/mol. The Morgan fingerprint density at radius 3 is 2.32 bits per heavy atom. The van der Waals surface area contributed by atoms with Crippen LogP contribution in [0.25, 0.3) is 0 Å². The molecule has 0 aliphatic carbocycles. The number of carbonyl (C=O) groups is 1. The molecule has 2 N–H and O–H groups in total. The number of hydrogen-bond acceptors (Lipinski definition) is 3. The van der Waals surface area contributed by atoms with Gasteiger partial charge in [0.1, 0.15) is 12.4 Å². The van der Waals surface area contributed by atoms with Crippen LogP contribution in [-0.4, -0.2) is 23.9 Å². The van der Waals surface area contributed by atoms with Gasteiger partial charge in [0.25, 0.3) is 5.91 Å². The molecule has 0 fully saturated rings. The van der Waals surface area contributed by atoms with Crippen LogP contribution in [0, 0.1) is 11.6 Å². The van der Waals surface area contributed by atoms with E-state index in [0.717, 1.165) is 24.0 Å². The van der Waals surface area contributed by atoms with Crippen LogP contribution < -0.4 is 10.5 Å². The Morgan fingerprint density at radius 1 is 0.903 bits per heavy atom. The second kappa shape index (κ2) is 11.2. The lowest BCUT2D eigenvalue weighted by Gasteiger charge is -2.23. The zero-order valence-electron chi connectivity index (χ0n) is 17.3. The molecule has 4 nitrogen and oxygen atoms in total. The molecule has 0 aliphatic heterocycles. The molecule has 0 bridgehead atoms. The zero-order chi connectivity index (χ0) is 22.1. The van der Waals surface area contributed by atoms with E-state index in [1.54, 1.807) is 23.1 Å². The number of carbonyl (C=O) groups excluding carboxylic acids is 1. The van der Waals surface area contributed by atoms with E-state index in [1.165, 1.54) is 24.3 Å². The number of nitrogens with two attached hydrogens (primary N) is 1. The third-order valence-corrected chi connectivity index (χ3v) is 4.87. The highest BCUT2D eigenvalue weighted by Gasteiger charge is 2.18. The first-order valence-electron chi connectivity index (χ1n) is 10.3. The van der Waals surface area contributed by atoms with Gasteiger partial charge in [-0.15, -0.1) is 0 Å². The van der Waals surface area contributed by atoms with Crippen molar-refractivity contribution in [3.63, 3.8) is 0 Å². The quantitative estimate of drug-likeness (QED) is 0.470. The summed E-state index contributed by atoms with van der Waals surface area (Å²) in [6, 6.07) is 19.7. The van der Waals surface area contributed by atoms with Crippen molar-refractivity contribution in [2.75, 3.05) is 13.1 Å². The van der Waals surface area contributed by atoms with Gasteiger partial charge in [-0.3, -0.25) is 4.79 Å². The van der Waals surface area contributed by atoms with Crippen LogP contribution in [0.15, 0.2) is 72.8 Å². The highest BCUT2D eigenvalue weighted by Crippen LogP contribution is 2.21. The van der Waals surface area contributed by atoms with Crippen molar-refractivity contribution in [2.45, 2.75) is 26.0 Å². The van der Waals surface area contributed by atoms with Gasteiger partial charge in [-0.25, -0.2) is 8.78 Å². The van der Waals surface area contributed by atoms with E-state index < -0.39 is 5.82 Å². The smallest absolute Gasteiger partial charge is 0.254 e. The maximum absolute atomic E-state index is 14.6. The Morgan fingerprint density at radius 2 is 1.65 bits per heavy atom. The third-order valence-electron chi connectivity index (χ3n) is 4.87. The summed E-state index contributed by atoms with van der Waals surface area (Å²) in [6.45, 7) is 1.54. The minimum absolute atomic E-state index is 0.0913. The van der Waals surface area contributed by atoms with Crippen molar-refractivity contribution in [1.29, 1.82) is 0 Å². The van der Waals surface area contributed by atoms with Crippen LogP contribution in [0.4, 0.5) is 8.78 Å². The molecule has 0 radical (unpaired) electrons. The molecule has 0 aromatic heterocycles. The molecule has 6 heteroatoms. The molecule has 0 spiro atoms. The summed E-state index contributed by atoms with van der Waals surface area (Å²) in [4.78, 5) is 14.7. The number of unbranched alkanes of at least 4 members (excludes halogenated alkanes) is 1. The topological polar surface area (TPSA) is 55.6 Å². The van der Waals surface area contributed by atoms with Crippen LogP contribution in [-0.2, 0) is 13.2 Å². The molecular weight excluding hydrogens is 398 g/mol. The van der Waals surface area contributed by atoms with Crippen molar-refractivity contribution in [3.8, 4) is 5.75 Å². The van der Waals surface area contributed by atoms with Crippen LogP contribution in [0.1, 0.15) is 34.3 Å². The van der Waals surface area contributed by atoms with Crippen LogP contribution in [0.2, 0.25) is 0 Å². The summed E-state index contributed by atoms with van der Waals surface area (Å²) in [5.41, 5.74) is 7.53. The fourth-order valence-electron chi connectivity index (χ4n) is 3.18. The lowest BCUT2D eigenvalue weighted by molar-refractivity contribution is 0.0739. The largest absolute Gasteiger partial charge is 0.486 e. The summed E-state index contributed by atoms with van der Waals surface area (Å²) in [7, 11) is 0. The number of rotatable bonds is 10. The first kappa shape index (κ1) is 22.4. The molecule has 1 amide bonds. The standard InChI is InChI=1S/C25H26F2N2O2/c26-22-11-8-19(9-12-22)17-29(15-5-4-14-28)25(30)21-10-13-24(23(27)16-21)31-18-20-6-2-1-3-7-20/h1-3,6-13,16H,4-5,14-15,17-18,28H2. The Kier molecular flexibility index (Phi) is 8.12. The van der Waals surface area contributed by atoms with Gasteiger partial charge >= 0.3 is 0 Å². The van der Waals surface area contributed by atoms with E-state index in [-0.39, 0.29) is 29.6 Å². The zero-order valence-corrected chi connectivity index (χ0v) is 17.3. The van der Waals surface area contributed by atoms with Crippen LogP contribution >= 0.6 is 0 Å². The number of benzene rings is 3. The van der Waals surface area contributed by atoms with Crippen LogP contribution in [0.3, 0.4) is 0 Å². The van der Waals surface area contributed by atoms with Gasteiger partial charge in [-0.1, -0.05) is 42.5 Å². The van der Waals surface area contributed by atoms with Gasteiger partial charge in [-0.2, -0.15) is 0 Å². The van der Waals surface area contributed by atoms with Crippen molar-refractivity contribution >= 4 is 5.91 Å². The molecule has 0 unspecified atom stereocenters. The van der Waals surface area contributed by atoms with Crippen LogP contribution in [0.5, 0.6) is 5.75 Å². The number of ether oxygens (including phenoxy) is 1. The normalized spacial score (nSPS) is 10.7. The molecule has 162 valence electrons. The Bertz CT molecular complexity index is 979. The maximum atomic E-state index is 14.6. The average Bonchev–Trinajstić information content (AvgIpc) is 2.79. The van der Waals surface area contributed by atoms with Gasteiger partial charge in [0, 0.05) is 18.7 Å². The number of nitrogens with zero attached hydrogens (tertiary/aromatic N) is 1. The molecule has 0 heterocycles. The second-order valence-corrected chi connectivity index (χ2v) is 7.27. The third kappa shape index (κ3) is 6.62. The fourth-order valence-corrected chi connectivity index (χ4v) is 3.18. The van der Waals surface area contributed by atoms with Gasteiger partial charge in [0.2, 0.25) is 0 Å². The molecule has 31 heavy (non-hydrogen) atoms. The molecule has 0 saturated carbocycles. The molecule has 3 aromatic carbocycles. The number of amides is 1. The predicted octanol–water partition coefficient (Wildman–Crippen LogP) is 4.93. The molecule has 3 rings (SSSR count). The summed E-state index contributed by atoms with van der Waals surface area (Å²) in [6.07, 6.45) is 1.50. The fraction of sp³-hybridized carbons (Fsp3) is 0.240. The summed E-state index contributed by atoms with van der Waals surface area (Å²) >= 11 is 0. The summed E-state index contributed by atoms with van der Waals surface area (Å²) < 4.78 is 33.4. The first-order chi connectivity index (χ1) is 15.1. The van der Waals surface area contributed by atoms with E-state index in [4.69, 9.17) is 10.5 Å². The van der Waals surface area contributed by atoms with E-state index in [9.17, 15) is 13.6 Å². The van der Waals surface area contributed by atoms with E-state index >= 15 is 0 Å². The predicted molar refractivity (Wildman–Crippen MR) is 117 cm³/mol. The van der Waals surface area contributed by atoms with E-state index in [2.05, 4.69) is 0 Å². The number of hydrogen-bond donors (Lipinski definition) is 1. The van der Waals surface area contributed by atoms with Crippen molar-refractivity contribution in [3.05, 3.63) is 101 Å². The Hall–Kier alpha value is -3.25. The maximum Gasteiger partial charge on any atom is 0.254 e. The van der Waals surface area contributed by atoms with Gasteiger partial charge in [-0.05, 0) is 60.8 Å². The van der Waals surface area contributed by atoms with E-state index in [0.29, 0.717) is 19.6 Å². The monoisotopic (exact) mass is 424 g/mol. The molecule has 0 saturated heterocycles. The lowest BCUT2D eigenvalue weighted by atomic mass is 10.1. The first-order valence-corrected chi connectivity index (χ1v) is 10.3. The van der Waals surface area contributed by atoms with Crippen molar-refractivity contribution in [1.82, 2.24) is 4.90 Å². The lowest BCUT2D eigenvalue weighted by Crippen LogP contribution is -2.32. The number of halogens is 2. The molecular formula is C25H26F2N2O2. The Balaban J connectivity index is 1.71. The van der Waals surface area contributed by atoms with Crippen molar-refractivity contribution in [2.24, 2.45) is 5.73 Å². The highest BCUT2D eigenvalue weighted by atomic mass is 19.1. The second-order valence-electron chi connectivity index (χ2n) is 7.27. The molecule has 3 aromatic rings. The Labute approximate surface area is 181 Å². The molecule has 0 aliphatic rings. The van der Waals surface area contributed by atoms with E-state index in [1.807, 2.05) is 30.3 Å². The minimum Gasteiger partial charge on any atom is -0.486 e.